The van der Waals surface area contributed by atoms with Crippen LogP contribution in [0.15, 0.2) is 39.9 Å². The fraction of sp³-hybridized carbons (Fsp3) is 0.391. The Bertz CT molecular complexity index is 1250. The summed E-state index contributed by atoms with van der Waals surface area (Å²) in [5.74, 6) is 0.212. The lowest BCUT2D eigenvalue weighted by atomic mass is 10.2. The fourth-order valence-corrected chi connectivity index (χ4v) is 4.56. The summed E-state index contributed by atoms with van der Waals surface area (Å²) in [6.45, 7) is 3.60. The third-order valence-corrected chi connectivity index (χ3v) is 6.50. The first kappa shape index (κ1) is 27.3. The van der Waals surface area contributed by atoms with Gasteiger partial charge in [-0.15, -0.1) is 11.8 Å². The van der Waals surface area contributed by atoms with E-state index in [4.69, 9.17) is 16.1 Å². The van der Waals surface area contributed by atoms with Crippen molar-refractivity contribution >= 4 is 40.9 Å². The number of carbonyl (C=O) groups excluding carboxylic acids is 2. The van der Waals surface area contributed by atoms with Gasteiger partial charge in [-0.3, -0.25) is 19.0 Å². The van der Waals surface area contributed by atoms with Gasteiger partial charge in [-0.25, -0.2) is 9.37 Å². The van der Waals surface area contributed by atoms with Crippen LogP contribution in [-0.2, 0) is 21.8 Å². The summed E-state index contributed by atoms with van der Waals surface area (Å²) in [5.41, 5.74) is -0.134. The third-order valence-electron chi connectivity index (χ3n) is 5.12. The molecule has 0 fully saturated rings. The van der Waals surface area contributed by atoms with E-state index in [2.05, 4.69) is 25.8 Å². The Morgan fingerprint density at radius 1 is 1.33 bits per heavy atom. The minimum Gasteiger partial charge on any atom is -0.365 e. The molecular weight excluding hydrogens is 511 g/mol. The maximum atomic E-state index is 13.8. The van der Waals surface area contributed by atoms with Gasteiger partial charge in [-0.2, -0.15) is 4.98 Å². The average molecular weight is 537 g/mol. The average Bonchev–Trinajstić information content (AvgIpc) is 3.27. The van der Waals surface area contributed by atoms with Gasteiger partial charge in [-0.1, -0.05) is 29.7 Å². The van der Waals surface area contributed by atoms with Gasteiger partial charge in [0, 0.05) is 41.7 Å². The van der Waals surface area contributed by atoms with Crippen LogP contribution in [0.4, 0.5) is 10.2 Å². The summed E-state index contributed by atoms with van der Waals surface area (Å²) < 4.78 is 20.2. The number of amides is 1. The van der Waals surface area contributed by atoms with Crippen LogP contribution in [0.25, 0.3) is 0 Å². The molecule has 3 aromatic rings. The normalized spacial score (nSPS) is 11.8. The standard InChI is InChI=1S/C23H26ClFN6O4S/c1-3-19(22(33)28-11-15(32)12-36-13-16-17(24)5-4-6-18(16)25)31-10-9-27-21(23(31)34)26-8-7-20-29-14(2)30-35-20/h4-6,9-10,19H,3,7-8,11-13H2,1-2H3,(H,26,27)(H,28,33). The number of Topliss-reactive ketones (excluding diaryl/α,β-unsaturated/α-hetero) is 1. The van der Waals surface area contributed by atoms with Gasteiger partial charge in [0.25, 0.3) is 5.56 Å². The number of nitrogens with zero attached hydrogens (tertiary/aromatic N) is 4. The predicted molar refractivity (Wildman–Crippen MR) is 135 cm³/mol. The molecule has 2 heterocycles. The van der Waals surface area contributed by atoms with Crippen molar-refractivity contribution in [2.45, 2.75) is 38.5 Å². The lowest BCUT2D eigenvalue weighted by molar-refractivity contribution is -0.127. The molecule has 1 aromatic carbocycles. The number of thioether (sulfide) groups is 1. The largest absolute Gasteiger partial charge is 0.365 e. The quantitative estimate of drug-likeness (QED) is 0.338. The number of halogens is 2. The van der Waals surface area contributed by atoms with Crippen LogP contribution < -0.4 is 16.2 Å². The Labute approximate surface area is 216 Å². The summed E-state index contributed by atoms with van der Waals surface area (Å²) in [5, 5.41) is 9.52. The number of nitrogens with one attached hydrogen (secondary N) is 2. The molecule has 3 rings (SSSR count). The lowest BCUT2D eigenvalue weighted by Crippen LogP contribution is -2.40. The Morgan fingerprint density at radius 3 is 2.83 bits per heavy atom. The molecule has 0 bridgehead atoms. The predicted octanol–water partition coefficient (Wildman–Crippen LogP) is 2.95. The Kier molecular flexibility index (Phi) is 10.00. The maximum Gasteiger partial charge on any atom is 0.294 e. The number of benzene rings is 1. The minimum atomic E-state index is -0.822. The Hall–Kier alpha value is -3.25. The highest BCUT2D eigenvalue weighted by molar-refractivity contribution is 7.99. The van der Waals surface area contributed by atoms with Crippen molar-refractivity contribution in [3.63, 3.8) is 0 Å². The molecule has 1 atom stereocenters. The molecule has 0 saturated heterocycles. The van der Waals surface area contributed by atoms with Crippen molar-refractivity contribution in [1.82, 2.24) is 25.0 Å². The molecule has 13 heteroatoms. The summed E-state index contributed by atoms with van der Waals surface area (Å²) in [6.07, 6.45) is 3.58. The molecule has 0 saturated carbocycles. The van der Waals surface area contributed by atoms with E-state index in [-0.39, 0.29) is 29.7 Å². The van der Waals surface area contributed by atoms with Gasteiger partial charge in [0.05, 0.1) is 12.3 Å². The molecule has 0 radical (unpaired) electrons. The Balaban J connectivity index is 1.51. The van der Waals surface area contributed by atoms with E-state index in [0.717, 1.165) is 0 Å². The molecule has 36 heavy (non-hydrogen) atoms. The van der Waals surface area contributed by atoms with Crippen LogP contribution in [0.2, 0.25) is 5.02 Å². The third kappa shape index (κ3) is 7.37. The number of hydrogen-bond acceptors (Lipinski definition) is 9. The van der Waals surface area contributed by atoms with Gasteiger partial charge >= 0.3 is 0 Å². The fourth-order valence-electron chi connectivity index (χ4n) is 3.32. The summed E-state index contributed by atoms with van der Waals surface area (Å²) in [4.78, 5) is 46.0. The van der Waals surface area contributed by atoms with Crippen molar-refractivity contribution < 1.29 is 18.5 Å². The van der Waals surface area contributed by atoms with E-state index < -0.39 is 23.3 Å². The molecule has 10 nitrogen and oxygen atoms in total. The van der Waals surface area contributed by atoms with E-state index in [9.17, 15) is 18.8 Å². The second kappa shape index (κ2) is 13.2. The number of aromatic nitrogens is 4. The second-order valence-corrected chi connectivity index (χ2v) is 9.17. The van der Waals surface area contributed by atoms with Crippen LogP contribution in [0.5, 0.6) is 0 Å². The number of ketones is 1. The van der Waals surface area contributed by atoms with E-state index in [0.29, 0.717) is 41.7 Å². The molecule has 2 aromatic heterocycles. The molecule has 1 amide bonds. The number of anilines is 1. The van der Waals surface area contributed by atoms with E-state index in [1.165, 1.54) is 40.9 Å². The van der Waals surface area contributed by atoms with Gasteiger partial charge in [0.15, 0.2) is 17.4 Å². The molecule has 1 unspecified atom stereocenters. The first-order chi connectivity index (χ1) is 17.3. The highest BCUT2D eigenvalue weighted by atomic mass is 35.5. The van der Waals surface area contributed by atoms with E-state index in [1.54, 1.807) is 19.9 Å². The first-order valence-electron chi connectivity index (χ1n) is 11.2. The summed E-state index contributed by atoms with van der Waals surface area (Å²) in [6, 6.07) is 3.59. The van der Waals surface area contributed by atoms with Gasteiger partial charge in [0.2, 0.25) is 11.8 Å². The zero-order chi connectivity index (χ0) is 26.1. The SMILES string of the molecule is CCC(C(=O)NCC(=O)CSCc1c(F)cccc1Cl)n1ccnc(NCCc2nc(C)no2)c1=O. The number of hydrogen-bond donors (Lipinski definition) is 2. The molecule has 0 spiro atoms. The number of carbonyl (C=O) groups is 2. The molecule has 2 N–H and O–H groups in total. The van der Waals surface area contributed by atoms with Gasteiger partial charge < -0.3 is 15.2 Å². The van der Waals surface area contributed by atoms with Crippen molar-refractivity contribution in [2.24, 2.45) is 0 Å². The van der Waals surface area contributed by atoms with Gasteiger partial charge in [0.1, 0.15) is 11.9 Å². The van der Waals surface area contributed by atoms with E-state index >= 15 is 0 Å². The maximum absolute atomic E-state index is 13.8. The molecule has 192 valence electrons. The van der Waals surface area contributed by atoms with Crippen molar-refractivity contribution in [2.75, 3.05) is 24.2 Å². The smallest absolute Gasteiger partial charge is 0.294 e. The number of aryl methyl sites for hydroxylation is 1. The van der Waals surface area contributed by atoms with E-state index in [1.807, 2.05) is 0 Å². The highest BCUT2D eigenvalue weighted by Gasteiger charge is 2.21. The summed E-state index contributed by atoms with van der Waals surface area (Å²) >= 11 is 7.20. The topological polar surface area (TPSA) is 132 Å². The van der Waals surface area contributed by atoms with Crippen LogP contribution in [0, 0.1) is 12.7 Å². The molecule has 0 aliphatic rings. The summed E-state index contributed by atoms with van der Waals surface area (Å²) in [7, 11) is 0. The van der Waals surface area contributed by atoms with Crippen LogP contribution in [0.1, 0.15) is 36.7 Å². The zero-order valence-electron chi connectivity index (χ0n) is 19.8. The second-order valence-electron chi connectivity index (χ2n) is 7.77. The zero-order valence-corrected chi connectivity index (χ0v) is 21.4. The molecule has 0 aliphatic carbocycles. The number of rotatable bonds is 13. The molecule has 0 aliphatic heterocycles. The minimum absolute atomic E-state index is 0.0740. The molecular formula is C23H26ClFN6O4S. The van der Waals surface area contributed by atoms with Crippen molar-refractivity contribution in [1.29, 1.82) is 0 Å². The first-order valence-corrected chi connectivity index (χ1v) is 12.7. The van der Waals surface area contributed by atoms with Crippen molar-refractivity contribution in [3.8, 4) is 0 Å². The Morgan fingerprint density at radius 2 is 2.14 bits per heavy atom. The van der Waals surface area contributed by atoms with Crippen LogP contribution in [0.3, 0.4) is 0 Å². The highest BCUT2D eigenvalue weighted by Crippen LogP contribution is 2.23. The van der Waals surface area contributed by atoms with Crippen LogP contribution >= 0.6 is 23.4 Å². The van der Waals surface area contributed by atoms with Crippen molar-refractivity contribution in [3.05, 3.63) is 69.1 Å². The lowest BCUT2D eigenvalue weighted by Gasteiger charge is -2.18. The van der Waals surface area contributed by atoms with Crippen LogP contribution in [-0.4, -0.2) is 50.2 Å². The monoisotopic (exact) mass is 536 g/mol. The van der Waals surface area contributed by atoms with Gasteiger partial charge in [-0.05, 0) is 25.5 Å².